The van der Waals surface area contributed by atoms with Crippen LogP contribution in [0.3, 0.4) is 0 Å². The summed E-state index contributed by atoms with van der Waals surface area (Å²) in [5, 5.41) is 6.95. The van der Waals surface area contributed by atoms with Crippen molar-refractivity contribution in [3.63, 3.8) is 0 Å². The topological polar surface area (TPSA) is 58.1 Å². The number of methoxy groups -OCH3 is 2. The Hall–Kier alpha value is -2.00. The summed E-state index contributed by atoms with van der Waals surface area (Å²) in [4.78, 5) is 6.86. The van der Waals surface area contributed by atoms with Gasteiger partial charge in [0.2, 0.25) is 0 Å². The minimum absolute atomic E-state index is 0. The van der Waals surface area contributed by atoms with E-state index in [1.165, 1.54) is 24.0 Å². The van der Waals surface area contributed by atoms with Crippen LogP contribution >= 0.6 is 24.0 Å². The fourth-order valence-corrected chi connectivity index (χ4v) is 4.18. The molecule has 2 atom stereocenters. The van der Waals surface area contributed by atoms with E-state index in [9.17, 15) is 0 Å². The molecule has 1 aliphatic rings. The van der Waals surface area contributed by atoms with Crippen LogP contribution in [0.4, 0.5) is 0 Å². The second-order valence-corrected chi connectivity index (χ2v) is 7.76. The summed E-state index contributed by atoms with van der Waals surface area (Å²) in [6.45, 7) is 2.72. The van der Waals surface area contributed by atoms with Crippen LogP contribution < -0.4 is 20.1 Å². The molecule has 6 nitrogen and oxygen atoms in total. The third-order valence-electron chi connectivity index (χ3n) is 5.84. The van der Waals surface area contributed by atoms with Crippen LogP contribution in [0.2, 0.25) is 0 Å². The number of ether oxygens (including phenoxy) is 2. The number of likely N-dealkylation sites (tertiary alicyclic amines) is 1. The largest absolute Gasteiger partial charge is 0.497 e. The number of halogens is 1. The molecular formula is C24H35IN4O2. The summed E-state index contributed by atoms with van der Waals surface area (Å²) >= 11 is 0. The average molecular weight is 538 g/mol. The van der Waals surface area contributed by atoms with Gasteiger partial charge in [0.05, 0.1) is 14.2 Å². The molecule has 0 saturated carbocycles. The van der Waals surface area contributed by atoms with Crippen molar-refractivity contribution in [2.45, 2.75) is 25.4 Å². The highest BCUT2D eigenvalue weighted by atomic mass is 127. The number of benzene rings is 2. The lowest BCUT2D eigenvalue weighted by Gasteiger charge is -2.40. The van der Waals surface area contributed by atoms with Crippen molar-refractivity contribution in [3.05, 3.63) is 59.7 Å². The Bertz CT molecular complexity index is 811. The SMILES string of the molecule is CN=C(NCc1ccc(OC)cc1)NCC1CCCN(C)C1c1ccc(OC)cc1.I. The van der Waals surface area contributed by atoms with E-state index in [-0.39, 0.29) is 24.0 Å². The van der Waals surface area contributed by atoms with Gasteiger partial charge in [-0.1, -0.05) is 24.3 Å². The van der Waals surface area contributed by atoms with Gasteiger partial charge in [-0.2, -0.15) is 0 Å². The molecule has 2 N–H and O–H groups in total. The molecule has 2 unspecified atom stereocenters. The standard InChI is InChI=1S/C24H34N4O2.HI/c1-25-24(26-16-18-7-11-21(29-3)12-8-18)27-17-20-6-5-15-28(2)23(20)19-9-13-22(30-4)14-10-19;/h7-14,20,23H,5-6,15-17H2,1-4H3,(H2,25,26,27);1H. The third-order valence-corrected chi connectivity index (χ3v) is 5.84. The zero-order valence-corrected chi connectivity index (χ0v) is 21.3. The van der Waals surface area contributed by atoms with Crippen molar-refractivity contribution in [2.24, 2.45) is 10.9 Å². The molecule has 1 saturated heterocycles. The molecule has 170 valence electrons. The van der Waals surface area contributed by atoms with Gasteiger partial charge in [-0.15, -0.1) is 24.0 Å². The predicted molar refractivity (Wildman–Crippen MR) is 138 cm³/mol. The number of aliphatic imine (C=N–C) groups is 1. The molecule has 2 aromatic rings. The third kappa shape index (κ3) is 7.00. The molecule has 3 rings (SSSR count). The number of hydrogen-bond donors (Lipinski definition) is 2. The van der Waals surface area contributed by atoms with Gasteiger partial charge in [-0.05, 0) is 67.7 Å². The molecule has 0 bridgehead atoms. The van der Waals surface area contributed by atoms with Gasteiger partial charge < -0.3 is 20.1 Å². The van der Waals surface area contributed by atoms with E-state index in [4.69, 9.17) is 9.47 Å². The first-order valence-corrected chi connectivity index (χ1v) is 10.6. The molecule has 0 aliphatic carbocycles. The molecule has 0 aromatic heterocycles. The quantitative estimate of drug-likeness (QED) is 0.316. The monoisotopic (exact) mass is 538 g/mol. The fourth-order valence-electron chi connectivity index (χ4n) is 4.18. The minimum atomic E-state index is 0. The summed E-state index contributed by atoms with van der Waals surface area (Å²) in [7, 11) is 7.43. The van der Waals surface area contributed by atoms with Gasteiger partial charge >= 0.3 is 0 Å². The van der Waals surface area contributed by atoms with Crippen molar-refractivity contribution in [3.8, 4) is 11.5 Å². The molecule has 7 heteroatoms. The molecule has 1 heterocycles. The molecule has 0 spiro atoms. The van der Waals surface area contributed by atoms with Crippen molar-refractivity contribution in [2.75, 3.05) is 41.4 Å². The van der Waals surface area contributed by atoms with Gasteiger partial charge in [0.25, 0.3) is 0 Å². The Morgan fingerprint density at radius 3 is 2.19 bits per heavy atom. The molecule has 1 aliphatic heterocycles. The Labute approximate surface area is 203 Å². The molecule has 31 heavy (non-hydrogen) atoms. The summed E-state index contributed by atoms with van der Waals surface area (Å²) < 4.78 is 10.5. The predicted octanol–water partition coefficient (Wildman–Crippen LogP) is 4.07. The lowest BCUT2D eigenvalue weighted by molar-refractivity contribution is 0.122. The second kappa shape index (κ2) is 12.8. The van der Waals surface area contributed by atoms with E-state index in [2.05, 4.69) is 64.0 Å². The first-order chi connectivity index (χ1) is 14.6. The maximum atomic E-state index is 5.32. The van der Waals surface area contributed by atoms with Gasteiger partial charge in [0.1, 0.15) is 11.5 Å². The number of guanidine groups is 1. The van der Waals surface area contributed by atoms with Gasteiger partial charge in [-0.3, -0.25) is 9.89 Å². The van der Waals surface area contributed by atoms with Crippen molar-refractivity contribution >= 4 is 29.9 Å². The van der Waals surface area contributed by atoms with E-state index in [1.807, 2.05) is 19.2 Å². The smallest absolute Gasteiger partial charge is 0.191 e. The highest BCUT2D eigenvalue weighted by Crippen LogP contribution is 2.35. The van der Waals surface area contributed by atoms with Crippen LogP contribution in [0.5, 0.6) is 11.5 Å². The number of nitrogens with zero attached hydrogens (tertiary/aromatic N) is 2. The number of piperidine rings is 1. The van der Waals surface area contributed by atoms with E-state index >= 15 is 0 Å². The zero-order chi connectivity index (χ0) is 21.3. The summed E-state index contributed by atoms with van der Waals surface area (Å²) in [5.74, 6) is 3.10. The van der Waals surface area contributed by atoms with E-state index in [0.717, 1.165) is 37.1 Å². The van der Waals surface area contributed by atoms with Crippen molar-refractivity contribution in [1.29, 1.82) is 0 Å². The number of rotatable bonds is 7. The molecule has 1 fully saturated rings. The first kappa shape index (κ1) is 25.3. The fraction of sp³-hybridized carbons (Fsp3) is 0.458. The highest BCUT2D eigenvalue weighted by Gasteiger charge is 2.30. The first-order valence-electron chi connectivity index (χ1n) is 10.6. The molecule has 0 radical (unpaired) electrons. The van der Waals surface area contributed by atoms with Crippen LogP contribution in [0, 0.1) is 5.92 Å². The molecular weight excluding hydrogens is 503 g/mol. The van der Waals surface area contributed by atoms with Crippen molar-refractivity contribution in [1.82, 2.24) is 15.5 Å². The van der Waals surface area contributed by atoms with E-state index in [0.29, 0.717) is 12.0 Å². The normalized spacial score (nSPS) is 19.3. The van der Waals surface area contributed by atoms with Crippen LogP contribution in [-0.4, -0.2) is 52.3 Å². The Morgan fingerprint density at radius 2 is 1.61 bits per heavy atom. The van der Waals surface area contributed by atoms with E-state index < -0.39 is 0 Å². The number of hydrogen-bond acceptors (Lipinski definition) is 4. The molecule has 2 aromatic carbocycles. The number of nitrogens with one attached hydrogen (secondary N) is 2. The Balaban J connectivity index is 0.00000341. The summed E-state index contributed by atoms with van der Waals surface area (Å²) in [6.07, 6.45) is 2.41. The maximum absolute atomic E-state index is 5.32. The van der Waals surface area contributed by atoms with Gasteiger partial charge in [-0.25, -0.2) is 0 Å². The van der Waals surface area contributed by atoms with Crippen LogP contribution in [-0.2, 0) is 6.54 Å². The summed E-state index contributed by atoms with van der Waals surface area (Å²) in [6, 6.07) is 17.0. The van der Waals surface area contributed by atoms with E-state index in [1.54, 1.807) is 14.2 Å². The van der Waals surface area contributed by atoms with Crippen LogP contribution in [0.15, 0.2) is 53.5 Å². The zero-order valence-electron chi connectivity index (χ0n) is 18.9. The Morgan fingerprint density at radius 1 is 1.00 bits per heavy atom. The summed E-state index contributed by atoms with van der Waals surface area (Å²) in [5.41, 5.74) is 2.53. The minimum Gasteiger partial charge on any atom is -0.497 e. The van der Waals surface area contributed by atoms with Crippen LogP contribution in [0.25, 0.3) is 0 Å². The van der Waals surface area contributed by atoms with Gasteiger partial charge in [0, 0.05) is 26.2 Å². The second-order valence-electron chi connectivity index (χ2n) is 7.76. The lowest BCUT2D eigenvalue weighted by atomic mass is 9.85. The maximum Gasteiger partial charge on any atom is 0.191 e. The Kier molecular flexibility index (Phi) is 10.4. The van der Waals surface area contributed by atoms with Gasteiger partial charge in [0.15, 0.2) is 5.96 Å². The molecule has 0 amide bonds. The van der Waals surface area contributed by atoms with Crippen molar-refractivity contribution < 1.29 is 9.47 Å². The highest BCUT2D eigenvalue weighted by molar-refractivity contribution is 14.0. The lowest BCUT2D eigenvalue weighted by Crippen LogP contribution is -2.44. The van der Waals surface area contributed by atoms with Crippen LogP contribution in [0.1, 0.15) is 30.0 Å². The average Bonchev–Trinajstić information content (AvgIpc) is 2.80.